The standard InChI is InChI=1S/C13H12N2O/c1-8-13-11(5-6-14-13)10-4-3-9(16-2)7-12(10)15-8/h3-7,14H,1-2H3. The van der Waals surface area contributed by atoms with E-state index in [0.717, 1.165) is 27.9 Å². The van der Waals surface area contributed by atoms with Crippen molar-refractivity contribution in [2.24, 2.45) is 0 Å². The molecular weight excluding hydrogens is 200 g/mol. The number of hydrogen-bond donors (Lipinski definition) is 1. The molecule has 3 heteroatoms. The summed E-state index contributed by atoms with van der Waals surface area (Å²) < 4.78 is 5.21. The van der Waals surface area contributed by atoms with Gasteiger partial charge in [0.2, 0.25) is 0 Å². The van der Waals surface area contributed by atoms with E-state index in [1.54, 1.807) is 7.11 Å². The van der Waals surface area contributed by atoms with Crippen molar-refractivity contribution in [1.29, 1.82) is 0 Å². The van der Waals surface area contributed by atoms with Crippen LogP contribution in [-0.2, 0) is 0 Å². The maximum Gasteiger partial charge on any atom is 0.121 e. The monoisotopic (exact) mass is 212 g/mol. The molecule has 3 rings (SSSR count). The lowest BCUT2D eigenvalue weighted by Crippen LogP contribution is -1.88. The molecule has 1 N–H and O–H groups in total. The average Bonchev–Trinajstić information content (AvgIpc) is 2.78. The lowest BCUT2D eigenvalue weighted by molar-refractivity contribution is 0.415. The summed E-state index contributed by atoms with van der Waals surface area (Å²) in [5.74, 6) is 0.842. The van der Waals surface area contributed by atoms with E-state index in [1.807, 2.05) is 25.3 Å². The van der Waals surface area contributed by atoms with Gasteiger partial charge in [-0.1, -0.05) is 0 Å². The normalized spacial score (nSPS) is 11.1. The summed E-state index contributed by atoms with van der Waals surface area (Å²) in [7, 11) is 1.67. The highest BCUT2D eigenvalue weighted by molar-refractivity contribution is 6.05. The zero-order valence-corrected chi connectivity index (χ0v) is 9.24. The van der Waals surface area contributed by atoms with E-state index in [-0.39, 0.29) is 0 Å². The number of H-pyrrole nitrogens is 1. The Hall–Kier alpha value is -2.03. The number of fused-ring (bicyclic) bond motifs is 3. The van der Waals surface area contributed by atoms with Crippen molar-refractivity contribution >= 4 is 21.8 Å². The zero-order chi connectivity index (χ0) is 11.1. The Labute approximate surface area is 93.1 Å². The minimum Gasteiger partial charge on any atom is -0.497 e. The Morgan fingerprint density at radius 2 is 2.06 bits per heavy atom. The van der Waals surface area contributed by atoms with Crippen molar-refractivity contribution in [2.75, 3.05) is 7.11 Å². The topological polar surface area (TPSA) is 37.9 Å². The van der Waals surface area contributed by atoms with Crippen LogP contribution in [0, 0.1) is 6.92 Å². The van der Waals surface area contributed by atoms with Gasteiger partial charge in [-0.05, 0) is 25.1 Å². The van der Waals surface area contributed by atoms with Gasteiger partial charge in [-0.2, -0.15) is 0 Å². The molecule has 0 unspecified atom stereocenters. The molecule has 0 fully saturated rings. The summed E-state index contributed by atoms with van der Waals surface area (Å²) in [6, 6.07) is 8.07. The van der Waals surface area contributed by atoms with Gasteiger partial charge in [-0.3, -0.25) is 4.98 Å². The van der Waals surface area contributed by atoms with Gasteiger partial charge < -0.3 is 9.72 Å². The third-order valence-corrected chi connectivity index (χ3v) is 2.89. The molecule has 1 aromatic carbocycles. The van der Waals surface area contributed by atoms with E-state index >= 15 is 0 Å². The molecular formula is C13H12N2O. The molecule has 0 bridgehead atoms. The number of aromatic amines is 1. The van der Waals surface area contributed by atoms with Crippen LogP contribution < -0.4 is 4.74 Å². The van der Waals surface area contributed by atoms with E-state index in [2.05, 4.69) is 22.1 Å². The molecule has 2 heterocycles. The molecule has 3 nitrogen and oxygen atoms in total. The number of aromatic nitrogens is 2. The number of pyridine rings is 1. The highest BCUT2D eigenvalue weighted by atomic mass is 16.5. The van der Waals surface area contributed by atoms with Crippen LogP contribution >= 0.6 is 0 Å². The zero-order valence-electron chi connectivity index (χ0n) is 9.24. The molecule has 0 amide bonds. The number of rotatable bonds is 1. The number of nitrogens with one attached hydrogen (secondary N) is 1. The van der Waals surface area contributed by atoms with Gasteiger partial charge in [0.05, 0.1) is 23.8 Å². The second-order valence-electron chi connectivity index (χ2n) is 3.85. The summed E-state index contributed by atoms with van der Waals surface area (Å²) in [5, 5.41) is 2.37. The number of methoxy groups -OCH3 is 1. The van der Waals surface area contributed by atoms with E-state index < -0.39 is 0 Å². The van der Waals surface area contributed by atoms with Crippen molar-refractivity contribution < 1.29 is 4.74 Å². The van der Waals surface area contributed by atoms with Gasteiger partial charge in [-0.15, -0.1) is 0 Å². The number of benzene rings is 1. The highest BCUT2D eigenvalue weighted by Gasteiger charge is 2.06. The van der Waals surface area contributed by atoms with Crippen LogP contribution in [-0.4, -0.2) is 17.1 Å². The Bertz CT molecular complexity index is 670. The van der Waals surface area contributed by atoms with Crippen LogP contribution in [0.4, 0.5) is 0 Å². The SMILES string of the molecule is COc1ccc2c(c1)nc(C)c1[nH]ccc12. The van der Waals surface area contributed by atoms with Crippen LogP contribution in [0.5, 0.6) is 5.75 Å². The number of aryl methyl sites for hydroxylation is 1. The predicted octanol–water partition coefficient (Wildman–Crippen LogP) is 3.03. The average molecular weight is 212 g/mol. The molecule has 0 aliphatic rings. The second kappa shape index (κ2) is 3.23. The van der Waals surface area contributed by atoms with E-state index in [9.17, 15) is 0 Å². The van der Waals surface area contributed by atoms with Gasteiger partial charge in [0.15, 0.2) is 0 Å². The fraction of sp³-hybridized carbons (Fsp3) is 0.154. The van der Waals surface area contributed by atoms with E-state index in [0.29, 0.717) is 0 Å². The molecule has 0 aliphatic heterocycles. The van der Waals surface area contributed by atoms with Gasteiger partial charge in [0.25, 0.3) is 0 Å². The summed E-state index contributed by atoms with van der Waals surface area (Å²) in [4.78, 5) is 7.79. The Kier molecular flexibility index (Phi) is 1.86. The first-order valence-electron chi connectivity index (χ1n) is 5.21. The van der Waals surface area contributed by atoms with E-state index in [1.165, 1.54) is 5.39 Å². The van der Waals surface area contributed by atoms with Gasteiger partial charge in [0, 0.05) is 23.0 Å². The molecule has 0 saturated carbocycles. The lowest BCUT2D eigenvalue weighted by atomic mass is 10.1. The molecule has 0 saturated heterocycles. The number of ether oxygens (including phenoxy) is 1. The fourth-order valence-electron chi connectivity index (χ4n) is 2.09. The first kappa shape index (κ1) is 9.21. The molecule has 16 heavy (non-hydrogen) atoms. The van der Waals surface area contributed by atoms with Crippen LogP contribution in [0.2, 0.25) is 0 Å². The smallest absolute Gasteiger partial charge is 0.121 e. The minimum atomic E-state index is 0.842. The van der Waals surface area contributed by atoms with Crippen LogP contribution in [0.1, 0.15) is 5.69 Å². The van der Waals surface area contributed by atoms with Crippen LogP contribution in [0.3, 0.4) is 0 Å². The van der Waals surface area contributed by atoms with Crippen LogP contribution in [0.15, 0.2) is 30.5 Å². The summed E-state index contributed by atoms with van der Waals surface area (Å²) in [6.07, 6.45) is 1.95. The predicted molar refractivity (Wildman–Crippen MR) is 64.9 cm³/mol. The summed E-state index contributed by atoms with van der Waals surface area (Å²) >= 11 is 0. The van der Waals surface area contributed by atoms with Crippen molar-refractivity contribution in [1.82, 2.24) is 9.97 Å². The van der Waals surface area contributed by atoms with Crippen LogP contribution in [0.25, 0.3) is 21.8 Å². The first-order valence-corrected chi connectivity index (χ1v) is 5.21. The molecule has 0 atom stereocenters. The summed E-state index contributed by atoms with van der Waals surface area (Å²) in [6.45, 7) is 2.01. The second-order valence-corrected chi connectivity index (χ2v) is 3.85. The third-order valence-electron chi connectivity index (χ3n) is 2.89. The first-order chi connectivity index (χ1) is 7.79. The van der Waals surface area contributed by atoms with Gasteiger partial charge in [0.1, 0.15) is 5.75 Å². The maximum absolute atomic E-state index is 5.21. The molecule has 2 aromatic heterocycles. The molecule has 0 radical (unpaired) electrons. The molecule has 3 aromatic rings. The Balaban J connectivity index is 2.48. The van der Waals surface area contributed by atoms with E-state index in [4.69, 9.17) is 4.74 Å². The Morgan fingerprint density at radius 1 is 1.19 bits per heavy atom. The van der Waals surface area contributed by atoms with Crippen molar-refractivity contribution in [3.8, 4) is 5.75 Å². The van der Waals surface area contributed by atoms with Gasteiger partial charge >= 0.3 is 0 Å². The maximum atomic E-state index is 5.21. The third kappa shape index (κ3) is 1.18. The van der Waals surface area contributed by atoms with Crippen molar-refractivity contribution in [3.05, 3.63) is 36.2 Å². The highest BCUT2D eigenvalue weighted by Crippen LogP contribution is 2.27. The lowest BCUT2D eigenvalue weighted by Gasteiger charge is -2.04. The van der Waals surface area contributed by atoms with Gasteiger partial charge in [-0.25, -0.2) is 0 Å². The molecule has 0 aliphatic carbocycles. The summed E-state index contributed by atoms with van der Waals surface area (Å²) in [5.41, 5.74) is 3.10. The fourth-order valence-corrected chi connectivity index (χ4v) is 2.09. The molecule has 0 spiro atoms. The molecule has 80 valence electrons. The number of nitrogens with zero attached hydrogens (tertiary/aromatic N) is 1. The quantitative estimate of drug-likeness (QED) is 0.673. The number of hydrogen-bond acceptors (Lipinski definition) is 2. The Morgan fingerprint density at radius 3 is 2.88 bits per heavy atom. The van der Waals surface area contributed by atoms with Crippen molar-refractivity contribution in [2.45, 2.75) is 6.92 Å². The minimum absolute atomic E-state index is 0.842. The largest absolute Gasteiger partial charge is 0.497 e. The van der Waals surface area contributed by atoms with Crippen molar-refractivity contribution in [3.63, 3.8) is 0 Å².